The molecule has 2 heterocycles. The molecular formula is C18H31IN4OS. The van der Waals surface area contributed by atoms with Gasteiger partial charge in [-0.3, -0.25) is 9.89 Å². The molecule has 25 heavy (non-hydrogen) atoms. The number of ether oxygens (including phenoxy) is 1. The van der Waals surface area contributed by atoms with Gasteiger partial charge in [0.2, 0.25) is 0 Å². The molecule has 0 bridgehead atoms. The van der Waals surface area contributed by atoms with Crippen molar-refractivity contribution in [1.82, 2.24) is 15.5 Å². The molecule has 1 saturated carbocycles. The summed E-state index contributed by atoms with van der Waals surface area (Å²) in [5.41, 5.74) is 0. The zero-order valence-electron chi connectivity index (χ0n) is 15.1. The molecule has 2 aliphatic rings. The van der Waals surface area contributed by atoms with Crippen LogP contribution in [-0.2, 0) is 4.74 Å². The fraction of sp³-hybridized carbons (Fsp3) is 0.722. The third-order valence-electron chi connectivity index (χ3n) is 4.67. The van der Waals surface area contributed by atoms with Crippen LogP contribution in [0.2, 0.25) is 0 Å². The van der Waals surface area contributed by atoms with Gasteiger partial charge in [0, 0.05) is 31.1 Å². The van der Waals surface area contributed by atoms with Crippen molar-refractivity contribution in [2.45, 2.75) is 32.2 Å². The largest absolute Gasteiger partial charge is 0.379 e. The number of nitrogens with zero attached hydrogens (tertiary/aromatic N) is 2. The molecule has 0 radical (unpaired) electrons. The molecular weight excluding hydrogens is 447 g/mol. The summed E-state index contributed by atoms with van der Waals surface area (Å²) in [7, 11) is 0. The molecule has 1 aromatic rings. The number of hydrogen-bond acceptors (Lipinski definition) is 4. The van der Waals surface area contributed by atoms with Gasteiger partial charge in [-0.1, -0.05) is 18.9 Å². The summed E-state index contributed by atoms with van der Waals surface area (Å²) in [5.74, 6) is 1.90. The van der Waals surface area contributed by atoms with Crippen LogP contribution in [0, 0.1) is 5.92 Å². The number of hydrogen-bond donors (Lipinski definition) is 2. The average Bonchev–Trinajstić information content (AvgIpc) is 3.28. The maximum atomic E-state index is 5.51. The third-order valence-corrected chi connectivity index (χ3v) is 5.64. The predicted molar refractivity (Wildman–Crippen MR) is 116 cm³/mol. The summed E-state index contributed by atoms with van der Waals surface area (Å²) in [4.78, 5) is 8.79. The summed E-state index contributed by atoms with van der Waals surface area (Å²) >= 11 is 1.83. The number of morpholine rings is 1. The first-order valence-electron chi connectivity index (χ1n) is 9.24. The van der Waals surface area contributed by atoms with Crippen molar-refractivity contribution >= 4 is 41.3 Å². The second-order valence-corrected chi connectivity index (χ2v) is 7.54. The van der Waals surface area contributed by atoms with Crippen LogP contribution < -0.4 is 10.6 Å². The van der Waals surface area contributed by atoms with Crippen LogP contribution in [0.4, 0.5) is 0 Å². The number of guanidine groups is 1. The van der Waals surface area contributed by atoms with Crippen LogP contribution in [0.25, 0.3) is 0 Å². The van der Waals surface area contributed by atoms with E-state index in [0.29, 0.717) is 6.04 Å². The highest BCUT2D eigenvalue weighted by Crippen LogP contribution is 2.31. The lowest BCUT2D eigenvalue weighted by Crippen LogP contribution is -2.41. The van der Waals surface area contributed by atoms with E-state index in [1.165, 1.54) is 24.1 Å². The Morgan fingerprint density at radius 2 is 2.16 bits per heavy atom. The van der Waals surface area contributed by atoms with Gasteiger partial charge in [0.05, 0.1) is 25.8 Å². The van der Waals surface area contributed by atoms with E-state index in [2.05, 4.69) is 40.0 Å². The summed E-state index contributed by atoms with van der Waals surface area (Å²) in [6.45, 7) is 8.47. The minimum Gasteiger partial charge on any atom is -0.379 e. The Labute approximate surface area is 172 Å². The van der Waals surface area contributed by atoms with Crippen molar-refractivity contribution in [2.75, 3.05) is 45.9 Å². The number of nitrogens with one attached hydrogen (secondary N) is 2. The van der Waals surface area contributed by atoms with Gasteiger partial charge in [-0.2, -0.15) is 0 Å². The van der Waals surface area contributed by atoms with E-state index in [0.717, 1.165) is 57.8 Å². The van der Waals surface area contributed by atoms with Gasteiger partial charge in [-0.25, -0.2) is 0 Å². The molecule has 1 aliphatic carbocycles. The molecule has 1 aliphatic heterocycles. The number of rotatable bonds is 8. The standard InChI is InChI=1S/C18H30N4OS.HI/c1-2-19-18(20-8-7-15-5-6-15)21-14-16(17-4-3-13-24-17)22-9-11-23-12-10-22;/h3-4,13,15-16H,2,5-12,14H2,1H3,(H2,19,20,21);1H. The molecule has 7 heteroatoms. The fourth-order valence-electron chi connectivity index (χ4n) is 3.08. The predicted octanol–water partition coefficient (Wildman–Crippen LogP) is 3.09. The van der Waals surface area contributed by atoms with Crippen molar-refractivity contribution in [1.29, 1.82) is 0 Å². The van der Waals surface area contributed by atoms with Gasteiger partial charge in [-0.05, 0) is 30.7 Å². The maximum Gasteiger partial charge on any atom is 0.191 e. The minimum atomic E-state index is 0. The Hall–Kier alpha value is -0.380. The van der Waals surface area contributed by atoms with Gasteiger partial charge in [0.15, 0.2) is 5.96 Å². The van der Waals surface area contributed by atoms with E-state index >= 15 is 0 Å². The van der Waals surface area contributed by atoms with Gasteiger partial charge in [-0.15, -0.1) is 35.3 Å². The smallest absolute Gasteiger partial charge is 0.191 e. The number of aliphatic imine (C=N–C) groups is 1. The lowest BCUT2D eigenvalue weighted by molar-refractivity contribution is 0.0186. The first kappa shape index (κ1) is 20.9. The van der Waals surface area contributed by atoms with Crippen LogP contribution in [0.5, 0.6) is 0 Å². The third kappa shape index (κ3) is 7.03. The molecule has 0 spiro atoms. The SMILES string of the molecule is CCNC(=NCC(c1cccs1)N1CCOCC1)NCCC1CC1.I. The van der Waals surface area contributed by atoms with E-state index in [1.807, 2.05) is 11.3 Å². The van der Waals surface area contributed by atoms with E-state index in [9.17, 15) is 0 Å². The normalized spacial score (nSPS) is 20.0. The van der Waals surface area contributed by atoms with Gasteiger partial charge in [0.1, 0.15) is 0 Å². The van der Waals surface area contributed by atoms with Gasteiger partial charge in [0.25, 0.3) is 0 Å². The molecule has 2 N–H and O–H groups in total. The van der Waals surface area contributed by atoms with Crippen LogP contribution in [0.15, 0.2) is 22.5 Å². The van der Waals surface area contributed by atoms with Gasteiger partial charge < -0.3 is 15.4 Å². The summed E-state index contributed by atoms with van der Waals surface area (Å²) in [5, 5.41) is 9.03. The fourth-order valence-corrected chi connectivity index (χ4v) is 3.93. The second-order valence-electron chi connectivity index (χ2n) is 6.56. The molecule has 3 rings (SSSR count). The van der Waals surface area contributed by atoms with Crippen LogP contribution >= 0.6 is 35.3 Å². The van der Waals surface area contributed by atoms with Crippen molar-refractivity contribution in [3.8, 4) is 0 Å². The molecule has 1 aromatic heterocycles. The lowest BCUT2D eigenvalue weighted by atomic mass is 10.2. The van der Waals surface area contributed by atoms with Crippen molar-refractivity contribution in [3.63, 3.8) is 0 Å². The van der Waals surface area contributed by atoms with Crippen LogP contribution in [-0.4, -0.2) is 56.8 Å². The quantitative estimate of drug-likeness (QED) is 0.343. The zero-order chi connectivity index (χ0) is 16.6. The molecule has 142 valence electrons. The zero-order valence-corrected chi connectivity index (χ0v) is 18.2. The Kier molecular flexibility index (Phi) is 9.51. The highest BCUT2D eigenvalue weighted by molar-refractivity contribution is 14.0. The average molecular weight is 478 g/mol. The summed E-state index contributed by atoms with van der Waals surface area (Å²) in [6, 6.07) is 4.72. The monoisotopic (exact) mass is 478 g/mol. The lowest BCUT2D eigenvalue weighted by Gasteiger charge is -2.33. The molecule has 1 unspecified atom stereocenters. The highest BCUT2D eigenvalue weighted by atomic mass is 127. The molecule has 5 nitrogen and oxygen atoms in total. The maximum absolute atomic E-state index is 5.51. The van der Waals surface area contributed by atoms with Crippen molar-refractivity contribution < 1.29 is 4.74 Å². The van der Waals surface area contributed by atoms with E-state index in [-0.39, 0.29) is 24.0 Å². The number of thiophene rings is 1. The first-order chi connectivity index (χ1) is 11.9. The molecule has 0 amide bonds. The number of halogens is 1. The topological polar surface area (TPSA) is 48.9 Å². The van der Waals surface area contributed by atoms with Crippen molar-refractivity contribution in [2.24, 2.45) is 10.9 Å². The van der Waals surface area contributed by atoms with Crippen LogP contribution in [0.1, 0.15) is 37.1 Å². The van der Waals surface area contributed by atoms with Crippen molar-refractivity contribution in [3.05, 3.63) is 22.4 Å². The Morgan fingerprint density at radius 1 is 1.36 bits per heavy atom. The molecule has 2 fully saturated rings. The van der Waals surface area contributed by atoms with Gasteiger partial charge >= 0.3 is 0 Å². The van der Waals surface area contributed by atoms with E-state index < -0.39 is 0 Å². The Bertz CT molecular complexity index is 501. The molecule has 0 aromatic carbocycles. The summed E-state index contributed by atoms with van der Waals surface area (Å²) < 4.78 is 5.51. The Balaban J connectivity index is 0.00000225. The first-order valence-corrected chi connectivity index (χ1v) is 10.1. The molecule has 1 saturated heterocycles. The summed E-state index contributed by atoms with van der Waals surface area (Å²) in [6.07, 6.45) is 4.09. The Morgan fingerprint density at radius 3 is 2.80 bits per heavy atom. The minimum absolute atomic E-state index is 0. The van der Waals surface area contributed by atoms with Crippen LogP contribution in [0.3, 0.4) is 0 Å². The van der Waals surface area contributed by atoms with E-state index in [4.69, 9.17) is 9.73 Å². The highest BCUT2D eigenvalue weighted by Gasteiger charge is 2.23. The second kappa shape index (κ2) is 11.4. The molecule has 1 atom stereocenters. The van der Waals surface area contributed by atoms with E-state index in [1.54, 1.807) is 0 Å².